The van der Waals surface area contributed by atoms with E-state index in [2.05, 4.69) is 6.92 Å². The molecule has 3 unspecified atom stereocenters. The molecule has 3 atom stereocenters. The topological polar surface area (TPSA) is 38.7 Å². The molecule has 2 saturated heterocycles. The third-order valence-electron chi connectivity index (χ3n) is 3.25. The fourth-order valence-corrected chi connectivity index (χ4v) is 2.56. The molecule has 3 heteroatoms. The first-order valence-electron chi connectivity index (χ1n) is 5.71. The molecule has 2 heterocycles. The van der Waals surface area contributed by atoms with Crippen molar-refractivity contribution in [3.63, 3.8) is 0 Å². The quantitative estimate of drug-likeness (QED) is 0.702. The van der Waals surface area contributed by atoms with Gasteiger partial charge in [0, 0.05) is 12.8 Å². The first-order valence-corrected chi connectivity index (χ1v) is 5.71. The van der Waals surface area contributed by atoms with Crippen molar-refractivity contribution < 1.29 is 14.6 Å². The number of aliphatic hydroxyl groups excluding tert-OH is 1. The van der Waals surface area contributed by atoms with E-state index in [9.17, 15) is 0 Å². The predicted molar refractivity (Wildman–Crippen MR) is 52.9 cm³/mol. The summed E-state index contributed by atoms with van der Waals surface area (Å²) in [6.45, 7) is 2.23. The standard InChI is InChI=1S/C11H20O3/c1-9-4-2-6-11(13-9)7-3-5-10(8-12)14-11/h9-10,12H,2-8H2,1H3. The second-order valence-electron chi connectivity index (χ2n) is 4.55. The van der Waals surface area contributed by atoms with E-state index in [0.717, 1.165) is 32.1 Å². The number of hydrogen-bond acceptors (Lipinski definition) is 3. The van der Waals surface area contributed by atoms with Crippen LogP contribution in [0.4, 0.5) is 0 Å². The van der Waals surface area contributed by atoms with Crippen molar-refractivity contribution in [1.82, 2.24) is 0 Å². The Bertz CT molecular complexity index is 191. The summed E-state index contributed by atoms with van der Waals surface area (Å²) in [5.74, 6) is -0.358. The maximum absolute atomic E-state index is 9.09. The van der Waals surface area contributed by atoms with Gasteiger partial charge < -0.3 is 14.6 Å². The smallest absolute Gasteiger partial charge is 0.169 e. The molecule has 2 rings (SSSR count). The number of ether oxygens (including phenoxy) is 2. The van der Waals surface area contributed by atoms with Gasteiger partial charge in [-0.15, -0.1) is 0 Å². The molecule has 0 saturated carbocycles. The van der Waals surface area contributed by atoms with E-state index in [0.29, 0.717) is 6.10 Å². The highest BCUT2D eigenvalue weighted by atomic mass is 16.7. The van der Waals surface area contributed by atoms with Crippen LogP contribution in [0, 0.1) is 0 Å². The van der Waals surface area contributed by atoms with Gasteiger partial charge in [0.2, 0.25) is 0 Å². The van der Waals surface area contributed by atoms with Crippen LogP contribution in [0.2, 0.25) is 0 Å². The minimum atomic E-state index is -0.358. The summed E-state index contributed by atoms with van der Waals surface area (Å²) in [5, 5.41) is 9.09. The Morgan fingerprint density at radius 2 is 1.93 bits per heavy atom. The number of aliphatic hydroxyl groups is 1. The van der Waals surface area contributed by atoms with Gasteiger partial charge in [-0.3, -0.25) is 0 Å². The van der Waals surface area contributed by atoms with Gasteiger partial charge in [0.1, 0.15) is 0 Å². The Labute approximate surface area is 85.4 Å². The van der Waals surface area contributed by atoms with Gasteiger partial charge >= 0.3 is 0 Å². The summed E-state index contributed by atoms with van der Waals surface area (Å²) in [6.07, 6.45) is 6.68. The Balaban J connectivity index is 1.99. The monoisotopic (exact) mass is 200 g/mol. The lowest BCUT2D eigenvalue weighted by Crippen LogP contribution is -2.48. The second kappa shape index (κ2) is 4.17. The zero-order valence-electron chi connectivity index (χ0n) is 8.87. The van der Waals surface area contributed by atoms with Gasteiger partial charge in [0.25, 0.3) is 0 Å². The van der Waals surface area contributed by atoms with Crippen molar-refractivity contribution in [2.45, 2.75) is 63.4 Å². The summed E-state index contributed by atoms with van der Waals surface area (Å²) in [4.78, 5) is 0. The van der Waals surface area contributed by atoms with Gasteiger partial charge in [-0.2, -0.15) is 0 Å². The maximum Gasteiger partial charge on any atom is 0.169 e. The SMILES string of the molecule is CC1CCCC2(CCCC(CO)O2)O1. The van der Waals surface area contributed by atoms with Gasteiger partial charge in [-0.1, -0.05) is 0 Å². The average molecular weight is 200 g/mol. The van der Waals surface area contributed by atoms with Gasteiger partial charge in [0.05, 0.1) is 18.8 Å². The third-order valence-corrected chi connectivity index (χ3v) is 3.25. The van der Waals surface area contributed by atoms with Crippen molar-refractivity contribution in [3.05, 3.63) is 0 Å². The largest absolute Gasteiger partial charge is 0.394 e. The summed E-state index contributed by atoms with van der Waals surface area (Å²) in [7, 11) is 0. The fourth-order valence-electron chi connectivity index (χ4n) is 2.56. The van der Waals surface area contributed by atoms with Crippen LogP contribution < -0.4 is 0 Å². The lowest BCUT2D eigenvalue weighted by atomic mass is 9.93. The van der Waals surface area contributed by atoms with Crippen molar-refractivity contribution in [1.29, 1.82) is 0 Å². The summed E-state index contributed by atoms with van der Waals surface area (Å²) >= 11 is 0. The zero-order chi connectivity index (χ0) is 10.0. The predicted octanol–water partition coefficient (Wildman–Crippen LogP) is 1.83. The van der Waals surface area contributed by atoms with Crippen LogP contribution in [-0.4, -0.2) is 29.7 Å². The van der Waals surface area contributed by atoms with Crippen LogP contribution in [0.5, 0.6) is 0 Å². The molecular weight excluding hydrogens is 180 g/mol. The number of rotatable bonds is 1. The lowest BCUT2D eigenvalue weighted by Gasteiger charge is -2.45. The Morgan fingerprint density at radius 3 is 2.57 bits per heavy atom. The van der Waals surface area contributed by atoms with Crippen molar-refractivity contribution in [2.24, 2.45) is 0 Å². The lowest BCUT2D eigenvalue weighted by molar-refractivity contribution is -0.315. The van der Waals surface area contributed by atoms with Crippen LogP contribution >= 0.6 is 0 Å². The van der Waals surface area contributed by atoms with E-state index < -0.39 is 0 Å². The van der Waals surface area contributed by atoms with Gasteiger partial charge in [0.15, 0.2) is 5.79 Å². The van der Waals surface area contributed by atoms with Crippen LogP contribution in [0.15, 0.2) is 0 Å². The molecule has 0 aliphatic carbocycles. The van der Waals surface area contributed by atoms with E-state index >= 15 is 0 Å². The Hall–Kier alpha value is -0.120. The normalized spacial score (nSPS) is 44.1. The summed E-state index contributed by atoms with van der Waals surface area (Å²) < 4.78 is 11.8. The highest BCUT2D eigenvalue weighted by molar-refractivity contribution is 4.82. The Morgan fingerprint density at radius 1 is 1.21 bits per heavy atom. The first kappa shape index (κ1) is 10.4. The fraction of sp³-hybridized carbons (Fsp3) is 1.00. The second-order valence-corrected chi connectivity index (χ2v) is 4.55. The zero-order valence-corrected chi connectivity index (χ0v) is 8.87. The van der Waals surface area contributed by atoms with Crippen LogP contribution in [0.3, 0.4) is 0 Å². The molecule has 0 aromatic heterocycles. The summed E-state index contributed by atoms with van der Waals surface area (Å²) in [5.41, 5.74) is 0. The molecule has 1 spiro atoms. The van der Waals surface area contributed by atoms with E-state index in [1.807, 2.05) is 0 Å². The molecule has 2 aliphatic heterocycles. The number of hydrogen-bond donors (Lipinski definition) is 1. The van der Waals surface area contributed by atoms with E-state index in [1.54, 1.807) is 0 Å². The van der Waals surface area contributed by atoms with Crippen LogP contribution in [0.25, 0.3) is 0 Å². The third kappa shape index (κ3) is 2.10. The molecule has 0 aromatic rings. The molecule has 0 aromatic carbocycles. The van der Waals surface area contributed by atoms with E-state index in [1.165, 1.54) is 6.42 Å². The van der Waals surface area contributed by atoms with E-state index in [-0.39, 0.29) is 18.5 Å². The highest BCUT2D eigenvalue weighted by Gasteiger charge is 2.41. The van der Waals surface area contributed by atoms with Crippen molar-refractivity contribution >= 4 is 0 Å². The van der Waals surface area contributed by atoms with Gasteiger partial charge in [-0.25, -0.2) is 0 Å². The van der Waals surface area contributed by atoms with E-state index in [4.69, 9.17) is 14.6 Å². The maximum atomic E-state index is 9.09. The average Bonchev–Trinajstić information content (AvgIpc) is 2.17. The molecule has 82 valence electrons. The first-order chi connectivity index (χ1) is 6.74. The Kier molecular flexibility index (Phi) is 3.10. The van der Waals surface area contributed by atoms with Crippen molar-refractivity contribution in [2.75, 3.05) is 6.61 Å². The molecule has 1 N–H and O–H groups in total. The summed E-state index contributed by atoms with van der Waals surface area (Å²) in [6, 6.07) is 0. The molecular formula is C11H20O3. The van der Waals surface area contributed by atoms with Gasteiger partial charge in [-0.05, 0) is 32.6 Å². The molecule has 2 fully saturated rings. The van der Waals surface area contributed by atoms with Crippen LogP contribution in [0.1, 0.15) is 45.4 Å². The molecule has 14 heavy (non-hydrogen) atoms. The molecule has 0 amide bonds. The minimum Gasteiger partial charge on any atom is -0.394 e. The van der Waals surface area contributed by atoms with Crippen LogP contribution in [-0.2, 0) is 9.47 Å². The van der Waals surface area contributed by atoms with Crippen molar-refractivity contribution in [3.8, 4) is 0 Å². The highest BCUT2D eigenvalue weighted by Crippen LogP contribution is 2.38. The minimum absolute atomic E-state index is 0.00551. The molecule has 0 radical (unpaired) electrons. The molecule has 0 bridgehead atoms. The molecule has 3 nitrogen and oxygen atoms in total. The molecule has 2 aliphatic rings.